The van der Waals surface area contributed by atoms with Gasteiger partial charge in [0.25, 0.3) is 5.56 Å². The number of nitrogens with one attached hydrogen (secondary N) is 1. The van der Waals surface area contributed by atoms with Crippen LogP contribution in [0.4, 0.5) is 0 Å². The average Bonchev–Trinajstić information content (AvgIpc) is 2.67. The molecule has 0 atom stereocenters. The summed E-state index contributed by atoms with van der Waals surface area (Å²) in [6.45, 7) is 1.03. The lowest BCUT2D eigenvalue weighted by atomic mass is 10.2. The van der Waals surface area contributed by atoms with Gasteiger partial charge in [0.05, 0.1) is 11.9 Å². The lowest BCUT2D eigenvalue weighted by Crippen LogP contribution is -2.40. The molecule has 3 rings (SSSR count). The number of aromatic nitrogens is 3. The van der Waals surface area contributed by atoms with Crippen LogP contribution in [-0.2, 0) is 13.1 Å². The molecule has 2 N–H and O–H groups in total. The van der Waals surface area contributed by atoms with Crippen LogP contribution in [0, 0.1) is 10.6 Å². The van der Waals surface area contributed by atoms with Crippen LogP contribution >= 0.6 is 0 Å². The number of aromatic amines is 1. The Kier molecular flexibility index (Phi) is 3.00. The monoisotopic (exact) mass is 291 g/mol. The largest absolute Gasteiger partial charge is 0.478 e. The van der Waals surface area contributed by atoms with Gasteiger partial charge < -0.3 is 5.11 Å². The molecule has 0 unspecified atom stereocenters. The second-order valence-corrected chi connectivity index (χ2v) is 5.03. The molecule has 0 aromatic carbocycles. The van der Waals surface area contributed by atoms with Crippen LogP contribution < -0.4 is 16.4 Å². The molecule has 0 fully saturated rings. The van der Waals surface area contributed by atoms with Gasteiger partial charge >= 0.3 is 5.97 Å². The number of hydrogen-bond acceptors (Lipinski definition) is 4. The van der Waals surface area contributed by atoms with Crippen molar-refractivity contribution in [2.75, 3.05) is 0 Å². The van der Waals surface area contributed by atoms with E-state index >= 15 is 0 Å². The number of fused-ring (bicyclic) bond motifs is 1. The lowest BCUT2D eigenvalue weighted by molar-refractivity contribution is 0.0695. The fourth-order valence-electron chi connectivity index (χ4n) is 2.64. The van der Waals surface area contributed by atoms with Gasteiger partial charge in [-0.2, -0.15) is 0 Å². The number of aromatic carboxylic acids is 1. The molecule has 2 heterocycles. The number of carboxylic acids is 1. The van der Waals surface area contributed by atoms with E-state index in [1.54, 1.807) is 4.80 Å². The Bertz CT molecular complexity index is 965. The molecule has 0 spiro atoms. The van der Waals surface area contributed by atoms with Crippen molar-refractivity contribution in [2.45, 2.75) is 32.4 Å². The first-order valence-corrected chi connectivity index (χ1v) is 6.65. The minimum atomic E-state index is -1.48. The van der Waals surface area contributed by atoms with Crippen molar-refractivity contribution in [1.82, 2.24) is 14.6 Å². The zero-order chi connectivity index (χ0) is 15.1. The number of rotatable bonds is 1. The molecule has 0 aromatic heterocycles. The van der Waals surface area contributed by atoms with Crippen LogP contribution in [0.3, 0.4) is 0 Å². The molecule has 110 valence electrons. The Hall–Kier alpha value is -2.64. The van der Waals surface area contributed by atoms with E-state index in [2.05, 4.69) is 5.10 Å². The Morgan fingerprint density at radius 2 is 1.81 bits per heavy atom. The molecule has 8 nitrogen and oxygen atoms in total. The van der Waals surface area contributed by atoms with Gasteiger partial charge in [-0.25, -0.2) is 14.3 Å². The van der Waals surface area contributed by atoms with Gasteiger partial charge in [0.1, 0.15) is 10.8 Å². The Morgan fingerprint density at radius 1 is 1.10 bits per heavy atom. The Balaban J connectivity index is 2.52. The molecule has 0 amide bonds. The van der Waals surface area contributed by atoms with Crippen molar-refractivity contribution in [3.8, 4) is 0 Å². The Morgan fingerprint density at radius 3 is 2.52 bits per heavy atom. The third-order valence-electron chi connectivity index (χ3n) is 3.70. The zero-order valence-electron chi connectivity index (χ0n) is 11.1. The number of carboxylic acid groups (broad SMARTS) is 1. The Labute approximate surface area is 116 Å². The minimum Gasteiger partial charge on any atom is -0.478 e. The molecule has 2 aliphatic heterocycles. The van der Waals surface area contributed by atoms with Crippen molar-refractivity contribution in [3.63, 3.8) is 0 Å². The van der Waals surface area contributed by atoms with Gasteiger partial charge in [0.2, 0.25) is 10.9 Å². The molecule has 21 heavy (non-hydrogen) atoms. The number of aryl methyl sites for hydroxylation is 1. The van der Waals surface area contributed by atoms with Gasteiger partial charge in [0.15, 0.2) is 0 Å². The van der Waals surface area contributed by atoms with Crippen LogP contribution in [0.2, 0.25) is 0 Å². The molecular weight excluding hydrogens is 278 g/mol. The predicted octanol–water partition coefficient (Wildman–Crippen LogP) is -0.695. The van der Waals surface area contributed by atoms with E-state index in [9.17, 15) is 19.2 Å². The third kappa shape index (κ3) is 1.99. The summed E-state index contributed by atoms with van der Waals surface area (Å²) < 4.78 is 1.40. The summed E-state index contributed by atoms with van der Waals surface area (Å²) in [6.07, 6.45) is 2.64. The quantitative estimate of drug-likeness (QED) is 0.675. The first kappa shape index (κ1) is 13.3. The molecule has 8 heteroatoms. The van der Waals surface area contributed by atoms with Crippen molar-refractivity contribution >= 4 is 5.97 Å². The van der Waals surface area contributed by atoms with Crippen LogP contribution in [-0.4, -0.2) is 25.7 Å². The summed E-state index contributed by atoms with van der Waals surface area (Å²) in [5.74, 6) is -1.48. The number of H-pyrrole nitrogens is 1. The summed E-state index contributed by atoms with van der Waals surface area (Å²) in [6, 6.07) is 1.06. The summed E-state index contributed by atoms with van der Waals surface area (Å²) >= 11 is 0. The molecule has 0 radical (unpaired) electrons. The molecule has 3 aliphatic rings. The molecule has 0 bridgehead atoms. The van der Waals surface area contributed by atoms with E-state index in [0.717, 1.165) is 25.3 Å². The normalized spacial score (nSPS) is 14.7. The SMILES string of the molecule is O=C(O)c1cc2[nH]n3n(c(=O)c=2c(=O)c1=O)CCCCC3. The summed E-state index contributed by atoms with van der Waals surface area (Å²) in [5.41, 5.74) is -3.39. The number of hydrogen-bond donors (Lipinski definition) is 2. The second-order valence-electron chi connectivity index (χ2n) is 5.03. The van der Waals surface area contributed by atoms with Gasteiger partial charge in [0, 0.05) is 6.54 Å². The van der Waals surface area contributed by atoms with Crippen molar-refractivity contribution < 1.29 is 9.90 Å². The summed E-state index contributed by atoms with van der Waals surface area (Å²) in [5, 5.41) is 11.6. The molecule has 0 aromatic rings. The zero-order valence-corrected chi connectivity index (χ0v) is 11.1. The maximum Gasteiger partial charge on any atom is 0.339 e. The molecule has 0 saturated heterocycles. The van der Waals surface area contributed by atoms with Gasteiger partial charge in [-0.15, -0.1) is 0 Å². The smallest absolute Gasteiger partial charge is 0.339 e. The third-order valence-corrected chi connectivity index (χ3v) is 3.70. The van der Waals surface area contributed by atoms with E-state index in [-0.39, 0.29) is 10.6 Å². The van der Waals surface area contributed by atoms with E-state index in [1.807, 2.05) is 0 Å². The lowest BCUT2D eigenvalue weighted by Gasteiger charge is -2.13. The highest BCUT2D eigenvalue weighted by Gasteiger charge is 2.17. The van der Waals surface area contributed by atoms with Gasteiger partial charge in [-0.1, -0.05) is 0 Å². The minimum absolute atomic E-state index is 0.0835. The second kappa shape index (κ2) is 4.72. The topological polar surface area (TPSA) is 114 Å². The van der Waals surface area contributed by atoms with E-state index < -0.39 is 27.9 Å². The molecule has 0 saturated carbocycles. The molecule has 1 aliphatic carbocycles. The highest BCUT2D eigenvalue weighted by atomic mass is 16.4. The standard InChI is InChI=1S/C13H13N3O5/c17-10-7(13(20)21)6-8-9(11(10)18)12(19)15-4-2-1-3-5-16(15)14-8/h6,14H,1-5H2,(H,20,21). The van der Waals surface area contributed by atoms with E-state index in [4.69, 9.17) is 5.11 Å². The highest BCUT2D eigenvalue weighted by molar-refractivity contribution is 5.87. The fraction of sp³-hybridized carbons (Fsp3) is 0.385. The van der Waals surface area contributed by atoms with Gasteiger partial charge in [-0.3, -0.25) is 19.5 Å². The van der Waals surface area contributed by atoms with Crippen molar-refractivity contribution in [3.05, 3.63) is 53.0 Å². The number of carbonyl (C=O) groups is 1. The van der Waals surface area contributed by atoms with E-state index in [0.29, 0.717) is 13.1 Å². The first-order valence-electron chi connectivity index (χ1n) is 6.65. The summed E-state index contributed by atoms with van der Waals surface area (Å²) in [7, 11) is 0. The van der Waals surface area contributed by atoms with Crippen LogP contribution in [0.15, 0.2) is 20.4 Å². The molecular formula is C13H13N3O5. The first-order chi connectivity index (χ1) is 10.0. The number of nitrogens with zero attached hydrogens (tertiary/aromatic N) is 2. The van der Waals surface area contributed by atoms with E-state index in [1.165, 1.54) is 4.68 Å². The maximum absolute atomic E-state index is 12.4. The van der Waals surface area contributed by atoms with Gasteiger partial charge in [-0.05, 0) is 25.3 Å². The maximum atomic E-state index is 12.4. The average molecular weight is 291 g/mol. The highest BCUT2D eigenvalue weighted by Crippen LogP contribution is 2.05. The summed E-state index contributed by atoms with van der Waals surface area (Å²) in [4.78, 5) is 48.8. The predicted molar refractivity (Wildman–Crippen MR) is 71.7 cm³/mol. The van der Waals surface area contributed by atoms with Crippen molar-refractivity contribution in [2.24, 2.45) is 0 Å². The van der Waals surface area contributed by atoms with Crippen molar-refractivity contribution in [1.29, 1.82) is 0 Å². The van der Waals surface area contributed by atoms with Crippen LogP contribution in [0.25, 0.3) is 0 Å². The van der Waals surface area contributed by atoms with Crippen LogP contribution in [0.5, 0.6) is 0 Å². The van der Waals surface area contributed by atoms with Crippen LogP contribution in [0.1, 0.15) is 29.6 Å². The fourth-order valence-corrected chi connectivity index (χ4v) is 2.64.